The average molecular weight is 383 g/mol. The van der Waals surface area contributed by atoms with Crippen LogP contribution in [0.2, 0.25) is 0 Å². The van der Waals surface area contributed by atoms with Crippen molar-refractivity contribution in [3.8, 4) is 5.75 Å². The summed E-state index contributed by atoms with van der Waals surface area (Å²) in [5, 5.41) is 2.80. The van der Waals surface area contributed by atoms with E-state index in [0.29, 0.717) is 25.4 Å². The maximum atomic E-state index is 12.5. The lowest BCUT2D eigenvalue weighted by molar-refractivity contribution is -0.149. The Balaban J connectivity index is 1.66. The zero-order chi connectivity index (χ0) is 16.2. The van der Waals surface area contributed by atoms with Crippen molar-refractivity contribution < 1.29 is 19.1 Å². The molecule has 2 aliphatic heterocycles. The summed E-state index contributed by atoms with van der Waals surface area (Å²) in [6.07, 6.45) is 1.41. The summed E-state index contributed by atoms with van der Waals surface area (Å²) in [5.41, 5.74) is 0. The number of rotatable bonds is 3. The Bertz CT molecular complexity index is 595. The van der Waals surface area contributed by atoms with Crippen molar-refractivity contribution in [3.63, 3.8) is 0 Å². The Morgan fingerprint density at radius 3 is 3.17 bits per heavy atom. The van der Waals surface area contributed by atoms with Gasteiger partial charge in [-0.05, 0) is 31.0 Å². The van der Waals surface area contributed by atoms with Crippen molar-refractivity contribution in [1.29, 1.82) is 0 Å². The molecule has 0 aliphatic carbocycles. The van der Waals surface area contributed by atoms with E-state index in [1.807, 2.05) is 12.1 Å². The lowest BCUT2D eigenvalue weighted by Gasteiger charge is -2.38. The first-order chi connectivity index (χ1) is 11.1. The highest BCUT2D eigenvalue weighted by Gasteiger charge is 2.41. The van der Waals surface area contributed by atoms with Crippen LogP contribution in [0.1, 0.15) is 12.8 Å². The molecule has 2 amide bonds. The van der Waals surface area contributed by atoms with Crippen molar-refractivity contribution in [1.82, 2.24) is 10.2 Å². The van der Waals surface area contributed by atoms with Crippen LogP contribution in [0.25, 0.3) is 0 Å². The van der Waals surface area contributed by atoms with E-state index in [1.54, 1.807) is 17.0 Å². The van der Waals surface area contributed by atoms with Gasteiger partial charge < -0.3 is 19.7 Å². The molecule has 0 spiro atoms. The van der Waals surface area contributed by atoms with Crippen molar-refractivity contribution >= 4 is 27.7 Å². The second kappa shape index (κ2) is 7.31. The number of likely N-dealkylation sites (tertiary alicyclic amines) is 1. The molecule has 2 atom stereocenters. The van der Waals surface area contributed by atoms with Crippen LogP contribution >= 0.6 is 15.9 Å². The van der Waals surface area contributed by atoms with E-state index in [2.05, 4.69) is 21.2 Å². The Labute approximate surface area is 143 Å². The third-order valence-corrected chi connectivity index (χ3v) is 4.55. The molecule has 0 radical (unpaired) electrons. The molecule has 23 heavy (non-hydrogen) atoms. The quantitative estimate of drug-likeness (QED) is 0.856. The van der Waals surface area contributed by atoms with Crippen LogP contribution in [-0.2, 0) is 14.3 Å². The summed E-state index contributed by atoms with van der Waals surface area (Å²) in [6.45, 7) is 1.44. The number of halogens is 1. The molecule has 2 fully saturated rings. The minimum Gasteiger partial charge on any atom is -0.484 e. The topological polar surface area (TPSA) is 67.9 Å². The smallest absolute Gasteiger partial charge is 0.261 e. The zero-order valence-corrected chi connectivity index (χ0v) is 14.3. The monoisotopic (exact) mass is 382 g/mol. The molecule has 2 heterocycles. The maximum absolute atomic E-state index is 12.5. The van der Waals surface area contributed by atoms with Gasteiger partial charge in [0, 0.05) is 17.6 Å². The van der Waals surface area contributed by atoms with E-state index in [9.17, 15) is 9.59 Å². The van der Waals surface area contributed by atoms with Gasteiger partial charge in [0.15, 0.2) is 6.61 Å². The SMILES string of the molecule is O=C1NCCOC2CCCN(C(=O)COc3cccc(Br)c3)C12. The second-order valence-electron chi connectivity index (χ2n) is 5.62. The fourth-order valence-corrected chi connectivity index (χ4v) is 3.38. The van der Waals surface area contributed by atoms with Crippen LogP contribution < -0.4 is 10.1 Å². The molecule has 1 aromatic rings. The van der Waals surface area contributed by atoms with Crippen LogP contribution in [0.5, 0.6) is 5.75 Å². The van der Waals surface area contributed by atoms with E-state index in [4.69, 9.17) is 9.47 Å². The number of benzene rings is 1. The molecule has 0 aromatic heterocycles. The van der Waals surface area contributed by atoms with Gasteiger partial charge >= 0.3 is 0 Å². The Hall–Kier alpha value is -1.60. The summed E-state index contributed by atoms with van der Waals surface area (Å²) >= 11 is 3.36. The molecule has 124 valence electrons. The Morgan fingerprint density at radius 2 is 2.35 bits per heavy atom. The first-order valence-electron chi connectivity index (χ1n) is 7.72. The number of piperidine rings is 1. The minimum atomic E-state index is -0.551. The lowest BCUT2D eigenvalue weighted by atomic mass is 9.98. The maximum Gasteiger partial charge on any atom is 0.261 e. The number of amides is 2. The van der Waals surface area contributed by atoms with Gasteiger partial charge in [0.1, 0.15) is 11.8 Å². The zero-order valence-electron chi connectivity index (χ0n) is 12.7. The number of carbonyl (C=O) groups is 2. The van der Waals surface area contributed by atoms with E-state index < -0.39 is 6.04 Å². The van der Waals surface area contributed by atoms with E-state index in [1.165, 1.54) is 0 Å². The molecule has 0 saturated carbocycles. The van der Waals surface area contributed by atoms with Gasteiger partial charge in [-0.1, -0.05) is 22.0 Å². The highest BCUT2D eigenvalue weighted by atomic mass is 79.9. The molecule has 7 heteroatoms. The predicted octanol–water partition coefficient (Wildman–Crippen LogP) is 1.33. The standard InChI is InChI=1S/C16H19BrN2O4/c17-11-3-1-4-12(9-11)23-10-14(20)19-7-2-5-13-15(19)16(21)18-6-8-22-13/h1,3-4,9,13,15H,2,5-8,10H2,(H,18,21). The number of nitrogens with one attached hydrogen (secondary N) is 1. The van der Waals surface area contributed by atoms with Crippen LogP contribution in [-0.4, -0.2) is 55.2 Å². The molecule has 1 N–H and O–H groups in total. The molecular weight excluding hydrogens is 364 g/mol. The Kier molecular flexibility index (Phi) is 5.17. The van der Waals surface area contributed by atoms with Gasteiger partial charge in [-0.25, -0.2) is 0 Å². The summed E-state index contributed by atoms with van der Waals surface area (Å²) in [4.78, 5) is 26.4. The van der Waals surface area contributed by atoms with Crippen molar-refractivity contribution in [2.24, 2.45) is 0 Å². The second-order valence-corrected chi connectivity index (χ2v) is 6.54. The van der Waals surface area contributed by atoms with Crippen LogP contribution in [0, 0.1) is 0 Å². The van der Waals surface area contributed by atoms with Crippen LogP contribution in [0.15, 0.2) is 28.7 Å². The number of hydrogen-bond acceptors (Lipinski definition) is 4. The first kappa shape index (κ1) is 16.3. The largest absolute Gasteiger partial charge is 0.484 e. The molecule has 6 nitrogen and oxygen atoms in total. The van der Waals surface area contributed by atoms with Gasteiger partial charge in [0.05, 0.1) is 12.7 Å². The number of ether oxygens (including phenoxy) is 2. The minimum absolute atomic E-state index is 0.0903. The van der Waals surface area contributed by atoms with E-state index in [-0.39, 0.29) is 24.5 Å². The highest BCUT2D eigenvalue weighted by Crippen LogP contribution is 2.23. The third kappa shape index (κ3) is 3.84. The van der Waals surface area contributed by atoms with E-state index in [0.717, 1.165) is 17.3 Å². The molecular formula is C16H19BrN2O4. The molecule has 3 rings (SSSR count). The fourth-order valence-electron chi connectivity index (χ4n) is 3.00. The summed E-state index contributed by atoms with van der Waals surface area (Å²) < 4.78 is 12.2. The van der Waals surface area contributed by atoms with Crippen molar-refractivity contribution in [2.45, 2.75) is 25.0 Å². The molecule has 2 saturated heterocycles. The van der Waals surface area contributed by atoms with Gasteiger partial charge in [-0.15, -0.1) is 0 Å². The number of nitrogens with zero attached hydrogens (tertiary/aromatic N) is 1. The first-order valence-corrected chi connectivity index (χ1v) is 8.51. The molecule has 0 bridgehead atoms. The average Bonchev–Trinajstić information content (AvgIpc) is 2.74. The van der Waals surface area contributed by atoms with Crippen LogP contribution in [0.3, 0.4) is 0 Å². The Morgan fingerprint density at radius 1 is 1.48 bits per heavy atom. The number of fused-ring (bicyclic) bond motifs is 1. The summed E-state index contributed by atoms with van der Waals surface area (Å²) in [5.74, 6) is 0.284. The summed E-state index contributed by atoms with van der Waals surface area (Å²) in [6, 6.07) is 6.77. The van der Waals surface area contributed by atoms with Gasteiger partial charge in [-0.2, -0.15) is 0 Å². The molecule has 2 aliphatic rings. The summed E-state index contributed by atoms with van der Waals surface area (Å²) in [7, 11) is 0. The fraction of sp³-hybridized carbons (Fsp3) is 0.500. The van der Waals surface area contributed by atoms with Crippen molar-refractivity contribution in [2.75, 3.05) is 26.3 Å². The lowest BCUT2D eigenvalue weighted by Crippen LogP contribution is -2.58. The van der Waals surface area contributed by atoms with Gasteiger partial charge in [0.2, 0.25) is 5.91 Å². The number of carbonyl (C=O) groups excluding carboxylic acids is 2. The third-order valence-electron chi connectivity index (χ3n) is 4.06. The molecule has 2 unspecified atom stereocenters. The highest BCUT2D eigenvalue weighted by molar-refractivity contribution is 9.10. The van der Waals surface area contributed by atoms with Crippen LogP contribution in [0.4, 0.5) is 0 Å². The molecule has 1 aromatic carbocycles. The normalized spacial score (nSPS) is 24.4. The van der Waals surface area contributed by atoms with Crippen molar-refractivity contribution in [3.05, 3.63) is 28.7 Å². The van der Waals surface area contributed by atoms with Gasteiger partial charge in [-0.3, -0.25) is 9.59 Å². The number of hydrogen-bond donors (Lipinski definition) is 1. The predicted molar refractivity (Wildman–Crippen MR) is 87.1 cm³/mol. The van der Waals surface area contributed by atoms with Gasteiger partial charge in [0.25, 0.3) is 5.91 Å². The van der Waals surface area contributed by atoms with E-state index >= 15 is 0 Å².